The number of aromatic nitrogens is 3. The summed E-state index contributed by atoms with van der Waals surface area (Å²) in [5.41, 5.74) is 5.24. The minimum absolute atomic E-state index is 0.539. The van der Waals surface area contributed by atoms with Crippen molar-refractivity contribution in [1.29, 1.82) is 0 Å². The molecule has 7 heteroatoms. The van der Waals surface area contributed by atoms with Crippen LogP contribution in [-0.4, -0.2) is 32.7 Å². The zero-order valence-electron chi connectivity index (χ0n) is 14.8. The first-order chi connectivity index (χ1) is 13.1. The lowest BCUT2D eigenvalue weighted by Crippen LogP contribution is -2.31. The molecule has 0 aliphatic carbocycles. The number of thioether (sulfide) groups is 1. The molecule has 2 aromatic heterocycles. The molecule has 0 amide bonds. The Balaban J connectivity index is 1.47. The molecule has 0 bridgehead atoms. The van der Waals surface area contributed by atoms with Gasteiger partial charge in [0.15, 0.2) is 5.16 Å². The maximum atomic E-state index is 6.30. The molecular weight excluding hydrogens is 399 g/mol. The number of hydrogen-bond acceptors (Lipinski definition) is 5. The van der Waals surface area contributed by atoms with E-state index >= 15 is 0 Å². The molecule has 0 spiro atoms. The topological polar surface area (TPSA) is 41.9 Å². The quantitative estimate of drug-likeness (QED) is 0.435. The van der Waals surface area contributed by atoms with E-state index in [-0.39, 0.29) is 0 Å². The Morgan fingerprint density at radius 1 is 1.11 bits per heavy atom. The third-order valence-electron chi connectivity index (χ3n) is 4.63. The van der Waals surface area contributed by atoms with E-state index in [1.54, 1.807) is 17.8 Å². The van der Waals surface area contributed by atoms with Crippen LogP contribution in [0.1, 0.15) is 16.8 Å². The summed E-state index contributed by atoms with van der Waals surface area (Å²) in [5.74, 6) is 0. The Hall–Kier alpha value is -1.66. The van der Waals surface area contributed by atoms with Gasteiger partial charge in [-0.05, 0) is 24.0 Å². The summed E-state index contributed by atoms with van der Waals surface area (Å²) in [5, 5.41) is 1.93. The van der Waals surface area contributed by atoms with Crippen molar-refractivity contribution in [2.24, 2.45) is 0 Å². The Morgan fingerprint density at radius 2 is 2.00 bits per heavy atom. The highest BCUT2D eigenvalue weighted by atomic mass is 35.5. The third-order valence-corrected chi connectivity index (χ3v) is 6.01. The van der Waals surface area contributed by atoms with E-state index in [2.05, 4.69) is 25.9 Å². The summed E-state index contributed by atoms with van der Waals surface area (Å²) < 4.78 is 0. The van der Waals surface area contributed by atoms with Crippen molar-refractivity contribution in [3.8, 4) is 11.3 Å². The number of rotatable bonds is 4. The summed E-state index contributed by atoms with van der Waals surface area (Å²) in [6.07, 6.45) is 6.83. The average molecular weight is 417 g/mol. The lowest BCUT2D eigenvalue weighted by Gasteiger charge is -2.27. The standard InChI is InChI=1S/C20H18Cl2N4S/c1-27-20-24-10-14-12-26(8-7-17(14)25-20)11-13-5-6-18(23-9-13)15-3-2-4-16(21)19(15)22/h2-6,9-10H,7-8,11-12H2,1H3. The Kier molecular flexibility index (Phi) is 5.64. The van der Waals surface area contributed by atoms with Crippen LogP contribution in [0.25, 0.3) is 11.3 Å². The van der Waals surface area contributed by atoms with Gasteiger partial charge in [-0.3, -0.25) is 9.88 Å². The van der Waals surface area contributed by atoms with Crippen molar-refractivity contribution in [2.75, 3.05) is 12.8 Å². The van der Waals surface area contributed by atoms with Gasteiger partial charge in [-0.15, -0.1) is 0 Å². The molecule has 0 unspecified atom stereocenters. The summed E-state index contributed by atoms with van der Waals surface area (Å²) in [7, 11) is 0. The Morgan fingerprint density at radius 3 is 2.78 bits per heavy atom. The molecule has 0 radical (unpaired) electrons. The Bertz CT molecular complexity index is 963. The highest BCUT2D eigenvalue weighted by molar-refractivity contribution is 7.98. The molecule has 3 heterocycles. The molecular formula is C20H18Cl2N4S. The zero-order chi connectivity index (χ0) is 18.8. The molecule has 0 atom stereocenters. The lowest BCUT2D eigenvalue weighted by atomic mass is 10.1. The van der Waals surface area contributed by atoms with Crippen LogP contribution in [0.2, 0.25) is 10.0 Å². The maximum Gasteiger partial charge on any atom is 0.187 e. The minimum Gasteiger partial charge on any atom is -0.294 e. The molecule has 0 saturated heterocycles. The van der Waals surface area contributed by atoms with Gasteiger partial charge in [-0.2, -0.15) is 0 Å². The molecule has 27 heavy (non-hydrogen) atoms. The zero-order valence-corrected chi connectivity index (χ0v) is 17.2. The molecule has 1 aliphatic heterocycles. The molecule has 138 valence electrons. The van der Waals surface area contributed by atoms with Crippen LogP contribution < -0.4 is 0 Å². The van der Waals surface area contributed by atoms with Gasteiger partial charge in [-0.25, -0.2) is 9.97 Å². The van der Waals surface area contributed by atoms with E-state index in [1.807, 2.05) is 36.8 Å². The summed E-state index contributed by atoms with van der Waals surface area (Å²) in [4.78, 5) is 16.0. The van der Waals surface area contributed by atoms with E-state index in [0.29, 0.717) is 10.0 Å². The minimum atomic E-state index is 0.539. The normalized spacial score (nSPS) is 14.2. The number of fused-ring (bicyclic) bond motifs is 1. The number of pyridine rings is 1. The maximum absolute atomic E-state index is 6.30. The second-order valence-electron chi connectivity index (χ2n) is 6.44. The van der Waals surface area contributed by atoms with Crippen molar-refractivity contribution in [2.45, 2.75) is 24.7 Å². The summed E-state index contributed by atoms with van der Waals surface area (Å²) in [6.45, 7) is 2.70. The van der Waals surface area contributed by atoms with Crippen LogP contribution in [0.15, 0.2) is 47.9 Å². The molecule has 3 aromatic rings. The van der Waals surface area contributed by atoms with Gasteiger partial charge < -0.3 is 0 Å². The fourth-order valence-electron chi connectivity index (χ4n) is 3.23. The molecule has 0 N–H and O–H groups in total. The number of halogens is 2. The van der Waals surface area contributed by atoms with E-state index in [1.165, 1.54) is 16.8 Å². The van der Waals surface area contributed by atoms with E-state index in [9.17, 15) is 0 Å². The lowest BCUT2D eigenvalue weighted by molar-refractivity contribution is 0.242. The molecule has 1 aromatic carbocycles. The predicted octanol–water partition coefficient (Wildman–Crippen LogP) is 5.13. The van der Waals surface area contributed by atoms with E-state index in [4.69, 9.17) is 23.2 Å². The van der Waals surface area contributed by atoms with Gasteiger partial charge >= 0.3 is 0 Å². The predicted molar refractivity (Wildman–Crippen MR) is 111 cm³/mol. The van der Waals surface area contributed by atoms with Gasteiger partial charge in [0.05, 0.1) is 21.4 Å². The highest BCUT2D eigenvalue weighted by Crippen LogP contribution is 2.32. The molecule has 0 saturated carbocycles. The largest absolute Gasteiger partial charge is 0.294 e. The van der Waals surface area contributed by atoms with E-state index in [0.717, 1.165) is 42.5 Å². The monoisotopic (exact) mass is 416 g/mol. The smallest absolute Gasteiger partial charge is 0.187 e. The molecule has 0 fully saturated rings. The molecule has 1 aliphatic rings. The Labute approximate surface area is 173 Å². The molecule has 4 rings (SSSR count). The van der Waals surface area contributed by atoms with Crippen molar-refractivity contribution in [3.63, 3.8) is 0 Å². The van der Waals surface area contributed by atoms with Crippen molar-refractivity contribution >= 4 is 35.0 Å². The second-order valence-corrected chi connectivity index (χ2v) is 8.00. The van der Waals surface area contributed by atoms with Crippen LogP contribution in [0, 0.1) is 0 Å². The first-order valence-corrected chi connectivity index (χ1v) is 10.6. The van der Waals surface area contributed by atoms with Crippen molar-refractivity contribution < 1.29 is 0 Å². The number of nitrogens with zero attached hydrogens (tertiary/aromatic N) is 4. The molecule has 4 nitrogen and oxygen atoms in total. The summed E-state index contributed by atoms with van der Waals surface area (Å²) in [6, 6.07) is 9.69. The van der Waals surface area contributed by atoms with Crippen LogP contribution in [0.3, 0.4) is 0 Å². The second kappa shape index (κ2) is 8.15. The van der Waals surface area contributed by atoms with Gasteiger partial charge in [-0.1, -0.05) is 53.2 Å². The van der Waals surface area contributed by atoms with Crippen molar-refractivity contribution in [1.82, 2.24) is 19.9 Å². The van der Waals surface area contributed by atoms with E-state index < -0.39 is 0 Å². The van der Waals surface area contributed by atoms with Gasteiger partial charge in [0.2, 0.25) is 0 Å². The SMILES string of the molecule is CSc1ncc2c(n1)CCN(Cc1ccc(-c3cccc(Cl)c3Cl)nc1)C2. The fraction of sp³-hybridized carbons (Fsp3) is 0.250. The average Bonchev–Trinajstić information content (AvgIpc) is 2.70. The van der Waals surface area contributed by atoms with Crippen LogP contribution in [0.4, 0.5) is 0 Å². The highest BCUT2D eigenvalue weighted by Gasteiger charge is 2.18. The van der Waals surface area contributed by atoms with Crippen LogP contribution in [-0.2, 0) is 19.5 Å². The number of benzene rings is 1. The first-order valence-electron chi connectivity index (χ1n) is 8.64. The van der Waals surface area contributed by atoms with Gasteiger partial charge in [0.25, 0.3) is 0 Å². The van der Waals surface area contributed by atoms with Crippen molar-refractivity contribution in [3.05, 3.63) is 69.6 Å². The first kappa shape index (κ1) is 18.7. The fourth-order valence-corrected chi connectivity index (χ4v) is 3.98. The van der Waals surface area contributed by atoms with Gasteiger partial charge in [0, 0.05) is 49.6 Å². The van der Waals surface area contributed by atoms with Crippen LogP contribution in [0.5, 0.6) is 0 Å². The van der Waals surface area contributed by atoms with Gasteiger partial charge in [0.1, 0.15) is 0 Å². The summed E-state index contributed by atoms with van der Waals surface area (Å²) >= 11 is 14.0. The van der Waals surface area contributed by atoms with Crippen LogP contribution >= 0.6 is 35.0 Å². The number of hydrogen-bond donors (Lipinski definition) is 0. The third kappa shape index (κ3) is 4.11.